The quantitative estimate of drug-likeness (QED) is 0.597. The van der Waals surface area contributed by atoms with Crippen LogP contribution in [-0.4, -0.2) is 6.04 Å². The number of rotatable bonds is 7. The third-order valence-corrected chi connectivity index (χ3v) is 3.35. The standard InChI is InChI=1S/C15H21ClF3N/c1-3-4-5-6-7-11(2)20-14-9-12(15(17,18)19)8-13(16)10-14/h8-11,20H,3-7H2,1-2H3. The molecule has 0 amide bonds. The lowest BCUT2D eigenvalue weighted by Crippen LogP contribution is -2.15. The molecule has 20 heavy (non-hydrogen) atoms. The van der Waals surface area contributed by atoms with Crippen molar-refractivity contribution in [1.29, 1.82) is 0 Å². The summed E-state index contributed by atoms with van der Waals surface area (Å²) in [4.78, 5) is 0. The van der Waals surface area contributed by atoms with Crippen LogP contribution in [0.4, 0.5) is 18.9 Å². The Balaban J connectivity index is 2.61. The van der Waals surface area contributed by atoms with Gasteiger partial charge in [0.15, 0.2) is 0 Å². The first-order valence-corrected chi connectivity index (χ1v) is 7.35. The zero-order valence-electron chi connectivity index (χ0n) is 11.9. The Labute approximate surface area is 123 Å². The van der Waals surface area contributed by atoms with Crippen LogP contribution < -0.4 is 5.32 Å². The molecule has 0 aliphatic carbocycles. The molecule has 1 rings (SSSR count). The molecule has 114 valence electrons. The molecule has 0 radical (unpaired) electrons. The van der Waals surface area contributed by atoms with Crippen molar-refractivity contribution in [3.05, 3.63) is 28.8 Å². The van der Waals surface area contributed by atoms with Gasteiger partial charge in [-0.1, -0.05) is 44.2 Å². The van der Waals surface area contributed by atoms with E-state index in [1.165, 1.54) is 18.9 Å². The van der Waals surface area contributed by atoms with Crippen LogP contribution in [0.25, 0.3) is 0 Å². The van der Waals surface area contributed by atoms with Gasteiger partial charge in [0.2, 0.25) is 0 Å². The molecule has 1 N–H and O–H groups in total. The highest BCUT2D eigenvalue weighted by Crippen LogP contribution is 2.33. The third kappa shape index (κ3) is 6.04. The summed E-state index contributed by atoms with van der Waals surface area (Å²) in [6.45, 7) is 4.12. The highest BCUT2D eigenvalue weighted by molar-refractivity contribution is 6.30. The van der Waals surface area contributed by atoms with E-state index in [0.29, 0.717) is 5.69 Å². The van der Waals surface area contributed by atoms with Crippen molar-refractivity contribution in [1.82, 2.24) is 0 Å². The fourth-order valence-corrected chi connectivity index (χ4v) is 2.31. The van der Waals surface area contributed by atoms with Crippen molar-refractivity contribution in [2.24, 2.45) is 0 Å². The van der Waals surface area contributed by atoms with Gasteiger partial charge in [0.25, 0.3) is 0 Å². The average Bonchev–Trinajstić information content (AvgIpc) is 2.33. The van der Waals surface area contributed by atoms with E-state index in [1.807, 2.05) is 6.92 Å². The fourth-order valence-electron chi connectivity index (χ4n) is 2.07. The number of benzene rings is 1. The fraction of sp³-hybridized carbons (Fsp3) is 0.600. The van der Waals surface area contributed by atoms with Crippen LogP contribution in [0.2, 0.25) is 5.02 Å². The van der Waals surface area contributed by atoms with Gasteiger partial charge < -0.3 is 5.32 Å². The largest absolute Gasteiger partial charge is 0.416 e. The highest BCUT2D eigenvalue weighted by atomic mass is 35.5. The Kier molecular flexibility index (Phi) is 6.66. The molecule has 0 heterocycles. The van der Waals surface area contributed by atoms with Crippen molar-refractivity contribution >= 4 is 17.3 Å². The minimum absolute atomic E-state index is 0.0977. The van der Waals surface area contributed by atoms with Gasteiger partial charge in [-0.2, -0.15) is 13.2 Å². The van der Waals surface area contributed by atoms with Crippen LogP contribution in [0.5, 0.6) is 0 Å². The lowest BCUT2D eigenvalue weighted by molar-refractivity contribution is -0.137. The van der Waals surface area contributed by atoms with Crippen molar-refractivity contribution in [2.75, 3.05) is 5.32 Å². The predicted octanol–water partition coefficient (Wildman–Crippen LogP) is 6.13. The molecule has 5 heteroatoms. The molecule has 0 saturated carbocycles. The van der Waals surface area contributed by atoms with E-state index in [4.69, 9.17) is 11.6 Å². The van der Waals surface area contributed by atoms with Crippen molar-refractivity contribution in [3.8, 4) is 0 Å². The summed E-state index contributed by atoms with van der Waals surface area (Å²) < 4.78 is 38.1. The summed E-state index contributed by atoms with van der Waals surface area (Å²) in [7, 11) is 0. The summed E-state index contributed by atoms with van der Waals surface area (Å²) in [5, 5.41) is 3.19. The monoisotopic (exact) mass is 307 g/mol. The van der Waals surface area contributed by atoms with E-state index in [2.05, 4.69) is 12.2 Å². The van der Waals surface area contributed by atoms with Crippen molar-refractivity contribution in [3.63, 3.8) is 0 Å². The van der Waals surface area contributed by atoms with Crippen LogP contribution in [0, 0.1) is 0 Å². The van der Waals surface area contributed by atoms with Crippen molar-refractivity contribution in [2.45, 2.75) is 58.2 Å². The van der Waals surface area contributed by atoms with Gasteiger partial charge in [-0.15, -0.1) is 0 Å². The predicted molar refractivity (Wildman–Crippen MR) is 78.3 cm³/mol. The molecule has 1 nitrogen and oxygen atoms in total. The Morgan fingerprint density at radius 2 is 1.85 bits per heavy atom. The summed E-state index contributed by atoms with van der Waals surface area (Å²) in [6, 6.07) is 3.71. The van der Waals surface area contributed by atoms with E-state index in [9.17, 15) is 13.2 Å². The second-order valence-corrected chi connectivity index (χ2v) is 5.56. The molecule has 1 aromatic carbocycles. The molecule has 1 unspecified atom stereocenters. The Morgan fingerprint density at radius 1 is 1.15 bits per heavy atom. The molecular weight excluding hydrogens is 287 g/mol. The smallest absolute Gasteiger partial charge is 0.383 e. The van der Waals surface area contributed by atoms with E-state index in [-0.39, 0.29) is 11.1 Å². The zero-order chi connectivity index (χ0) is 15.2. The molecule has 0 aliphatic heterocycles. The molecule has 0 spiro atoms. The summed E-state index contributed by atoms with van der Waals surface area (Å²) in [5.74, 6) is 0. The summed E-state index contributed by atoms with van der Waals surface area (Å²) in [6.07, 6.45) is 1.17. The summed E-state index contributed by atoms with van der Waals surface area (Å²) in [5.41, 5.74) is -0.293. The van der Waals surface area contributed by atoms with Gasteiger partial charge in [0.1, 0.15) is 0 Å². The molecule has 0 saturated heterocycles. The maximum absolute atomic E-state index is 12.7. The first-order chi connectivity index (χ1) is 9.32. The molecule has 0 bridgehead atoms. The number of halogens is 4. The van der Waals surface area contributed by atoms with Gasteiger partial charge in [-0.3, -0.25) is 0 Å². The lowest BCUT2D eigenvalue weighted by Gasteiger charge is -2.17. The van der Waals surface area contributed by atoms with Crippen LogP contribution >= 0.6 is 11.6 Å². The average molecular weight is 308 g/mol. The lowest BCUT2D eigenvalue weighted by atomic mass is 10.1. The summed E-state index contributed by atoms with van der Waals surface area (Å²) >= 11 is 5.75. The molecular formula is C15H21ClF3N. The van der Waals surface area contributed by atoms with Crippen LogP contribution in [0.1, 0.15) is 51.5 Å². The number of alkyl halides is 3. The van der Waals surface area contributed by atoms with Crippen LogP contribution in [0.15, 0.2) is 18.2 Å². The van der Waals surface area contributed by atoms with E-state index in [0.717, 1.165) is 31.4 Å². The highest BCUT2D eigenvalue weighted by Gasteiger charge is 2.31. The Morgan fingerprint density at radius 3 is 2.45 bits per heavy atom. The van der Waals surface area contributed by atoms with Gasteiger partial charge in [0, 0.05) is 16.8 Å². The topological polar surface area (TPSA) is 12.0 Å². The van der Waals surface area contributed by atoms with Gasteiger partial charge >= 0.3 is 6.18 Å². The number of hydrogen-bond donors (Lipinski definition) is 1. The maximum Gasteiger partial charge on any atom is 0.416 e. The SMILES string of the molecule is CCCCCCC(C)Nc1cc(Cl)cc(C(F)(F)F)c1. The minimum atomic E-state index is -4.37. The second-order valence-electron chi connectivity index (χ2n) is 5.12. The molecule has 0 aliphatic rings. The normalized spacial score (nSPS) is 13.3. The number of unbranched alkanes of at least 4 members (excludes halogenated alkanes) is 3. The van der Waals surface area contributed by atoms with Crippen LogP contribution in [-0.2, 0) is 6.18 Å². The minimum Gasteiger partial charge on any atom is -0.383 e. The van der Waals surface area contributed by atoms with E-state index >= 15 is 0 Å². The van der Waals surface area contributed by atoms with Crippen molar-refractivity contribution < 1.29 is 13.2 Å². The Bertz CT molecular complexity index is 418. The molecule has 1 atom stereocenters. The first kappa shape index (κ1) is 17.2. The third-order valence-electron chi connectivity index (χ3n) is 3.13. The molecule has 0 fully saturated rings. The molecule has 1 aromatic rings. The van der Waals surface area contributed by atoms with Gasteiger partial charge in [0.05, 0.1) is 5.56 Å². The first-order valence-electron chi connectivity index (χ1n) is 6.97. The zero-order valence-corrected chi connectivity index (χ0v) is 12.6. The second kappa shape index (κ2) is 7.77. The molecule has 0 aromatic heterocycles. The van der Waals surface area contributed by atoms with Gasteiger partial charge in [-0.05, 0) is 31.5 Å². The maximum atomic E-state index is 12.7. The van der Waals surface area contributed by atoms with E-state index in [1.54, 1.807) is 0 Å². The van der Waals surface area contributed by atoms with Gasteiger partial charge in [-0.25, -0.2) is 0 Å². The van der Waals surface area contributed by atoms with E-state index < -0.39 is 11.7 Å². The number of hydrogen-bond acceptors (Lipinski definition) is 1. The Hall–Kier alpha value is -0.900. The number of anilines is 1. The van der Waals surface area contributed by atoms with Crippen LogP contribution in [0.3, 0.4) is 0 Å². The number of nitrogens with one attached hydrogen (secondary N) is 1.